The van der Waals surface area contributed by atoms with E-state index in [1.807, 2.05) is 44.0 Å². The zero-order valence-electron chi connectivity index (χ0n) is 15.6. The molecule has 27 heavy (non-hydrogen) atoms. The van der Waals surface area contributed by atoms with E-state index in [1.165, 1.54) is 22.2 Å². The van der Waals surface area contributed by atoms with Gasteiger partial charge in [0, 0.05) is 6.54 Å². The van der Waals surface area contributed by atoms with Crippen LogP contribution in [0, 0.1) is 0 Å². The molecular weight excluding hydrogens is 368 g/mol. The van der Waals surface area contributed by atoms with E-state index in [2.05, 4.69) is 10.1 Å². The Labute approximate surface area is 161 Å². The Morgan fingerprint density at radius 3 is 2.63 bits per heavy atom. The summed E-state index contributed by atoms with van der Waals surface area (Å²) in [4.78, 5) is 7.45. The number of ether oxygens (including phenoxy) is 2. The predicted molar refractivity (Wildman–Crippen MR) is 103 cm³/mol. The Morgan fingerprint density at radius 2 is 1.96 bits per heavy atom. The summed E-state index contributed by atoms with van der Waals surface area (Å²) in [7, 11) is 1.90. The van der Waals surface area contributed by atoms with Crippen LogP contribution in [0.2, 0.25) is 0 Å². The summed E-state index contributed by atoms with van der Waals surface area (Å²) >= 11 is 1.37. The van der Waals surface area contributed by atoms with Gasteiger partial charge in [-0.2, -0.15) is 9.61 Å². The fourth-order valence-electron chi connectivity index (χ4n) is 3.00. The van der Waals surface area contributed by atoms with Gasteiger partial charge in [0.2, 0.25) is 10.8 Å². The number of hydrogen-bond donors (Lipinski definition) is 2. The maximum atomic E-state index is 10.7. The molecule has 0 aliphatic carbocycles. The first kappa shape index (κ1) is 19.4. The SMILES string of the molecule is CCOc1ccc(C(c2sc3ncnn3c2O)N(C)CCO)cc1OCC. The highest BCUT2D eigenvalue weighted by atomic mass is 32.1. The van der Waals surface area contributed by atoms with Crippen LogP contribution in [-0.4, -0.2) is 63.1 Å². The third-order valence-corrected chi connectivity index (χ3v) is 5.25. The molecule has 0 saturated heterocycles. The Balaban J connectivity index is 2.09. The van der Waals surface area contributed by atoms with Crippen molar-refractivity contribution in [2.75, 3.05) is 33.4 Å². The number of thiazole rings is 1. The van der Waals surface area contributed by atoms with E-state index < -0.39 is 0 Å². The predicted octanol–water partition coefficient (Wildman–Crippen LogP) is 2.31. The minimum Gasteiger partial charge on any atom is -0.492 e. The van der Waals surface area contributed by atoms with Crippen molar-refractivity contribution in [3.63, 3.8) is 0 Å². The zero-order chi connectivity index (χ0) is 19.4. The molecule has 2 aromatic heterocycles. The van der Waals surface area contributed by atoms with E-state index in [4.69, 9.17) is 9.47 Å². The van der Waals surface area contributed by atoms with E-state index in [-0.39, 0.29) is 18.5 Å². The first-order chi connectivity index (χ1) is 13.1. The first-order valence-electron chi connectivity index (χ1n) is 8.82. The maximum Gasteiger partial charge on any atom is 0.230 e. The lowest BCUT2D eigenvalue weighted by atomic mass is 10.0. The number of hydrogen-bond acceptors (Lipinski definition) is 8. The maximum absolute atomic E-state index is 10.7. The van der Waals surface area contributed by atoms with Gasteiger partial charge in [0.1, 0.15) is 6.33 Å². The quantitative estimate of drug-likeness (QED) is 0.577. The van der Waals surface area contributed by atoms with Crippen LogP contribution in [-0.2, 0) is 0 Å². The summed E-state index contributed by atoms with van der Waals surface area (Å²) < 4.78 is 12.8. The van der Waals surface area contributed by atoms with Crippen LogP contribution in [0.1, 0.15) is 30.3 Å². The number of likely N-dealkylation sites (N-methyl/N-ethyl adjacent to an activating group) is 1. The van der Waals surface area contributed by atoms with Crippen molar-refractivity contribution in [2.24, 2.45) is 0 Å². The van der Waals surface area contributed by atoms with Gasteiger partial charge in [-0.3, -0.25) is 4.90 Å². The second-order valence-electron chi connectivity index (χ2n) is 5.92. The minimum absolute atomic E-state index is 0.00384. The molecule has 8 nitrogen and oxygen atoms in total. The largest absolute Gasteiger partial charge is 0.492 e. The number of benzene rings is 1. The lowest BCUT2D eigenvalue weighted by molar-refractivity contribution is 0.196. The Bertz CT molecular complexity index is 895. The third-order valence-electron chi connectivity index (χ3n) is 4.16. The van der Waals surface area contributed by atoms with E-state index in [1.54, 1.807) is 0 Å². The van der Waals surface area contributed by atoms with Gasteiger partial charge in [0.15, 0.2) is 11.5 Å². The average Bonchev–Trinajstić information content (AvgIpc) is 3.22. The van der Waals surface area contributed by atoms with Crippen molar-refractivity contribution in [1.82, 2.24) is 19.5 Å². The van der Waals surface area contributed by atoms with Gasteiger partial charge < -0.3 is 19.7 Å². The van der Waals surface area contributed by atoms with Gasteiger partial charge in [-0.05, 0) is 38.6 Å². The van der Waals surface area contributed by atoms with E-state index in [9.17, 15) is 10.2 Å². The monoisotopic (exact) mass is 392 g/mol. The molecule has 146 valence electrons. The summed E-state index contributed by atoms with van der Waals surface area (Å²) in [6.07, 6.45) is 1.41. The molecule has 0 aliphatic rings. The third kappa shape index (κ3) is 3.85. The van der Waals surface area contributed by atoms with E-state index in [0.29, 0.717) is 41.1 Å². The molecule has 0 fully saturated rings. The number of rotatable bonds is 9. The Kier molecular flexibility index (Phi) is 6.15. The second kappa shape index (κ2) is 8.55. The fraction of sp³-hybridized carbons (Fsp3) is 0.444. The van der Waals surface area contributed by atoms with Crippen LogP contribution in [0.25, 0.3) is 4.96 Å². The van der Waals surface area contributed by atoms with Crippen molar-refractivity contribution in [3.05, 3.63) is 35.0 Å². The van der Waals surface area contributed by atoms with Crippen molar-refractivity contribution >= 4 is 16.3 Å². The first-order valence-corrected chi connectivity index (χ1v) is 9.64. The van der Waals surface area contributed by atoms with Crippen LogP contribution in [0.15, 0.2) is 24.5 Å². The van der Waals surface area contributed by atoms with Gasteiger partial charge in [-0.15, -0.1) is 0 Å². The van der Waals surface area contributed by atoms with Gasteiger partial charge in [0.05, 0.1) is 30.7 Å². The minimum atomic E-state index is -0.291. The molecule has 2 N–H and O–H groups in total. The molecule has 9 heteroatoms. The number of aromatic nitrogens is 3. The number of aromatic hydroxyl groups is 1. The molecule has 1 atom stereocenters. The Hall–Kier alpha value is -2.36. The van der Waals surface area contributed by atoms with Crippen molar-refractivity contribution < 1.29 is 19.7 Å². The van der Waals surface area contributed by atoms with Gasteiger partial charge in [0.25, 0.3) is 0 Å². The number of aliphatic hydroxyl groups is 1. The second-order valence-corrected chi connectivity index (χ2v) is 6.93. The molecule has 0 amide bonds. The van der Waals surface area contributed by atoms with Crippen molar-refractivity contribution in [1.29, 1.82) is 0 Å². The van der Waals surface area contributed by atoms with E-state index in [0.717, 1.165) is 5.56 Å². The number of nitrogens with zero attached hydrogens (tertiary/aromatic N) is 4. The number of fused-ring (bicyclic) bond motifs is 1. The molecule has 0 radical (unpaired) electrons. The van der Waals surface area contributed by atoms with Gasteiger partial charge >= 0.3 is 0 Å². The lowest BCUT2D eigenvalue weighted by Crippen LogP contribution is -2.28. The summed E-state index contributed by atoms with van der Waals surface area (Å²) in [6.45, 7) is 5.35. The van der Waals surface area contributed by atoms with Crippen molar-refractivity contribution in [2.45, 2.75) is 19.9 Å². The highest BCUT2D eigenvalue weighted by molar-refractivity contribution is 7.17. The molecule has 1 aromatic carbocycles. The summed E-state index contributed by atoms with van der Waals surface area (Å²) in [5.41, 5.74) is 0.914. The zero-order valence-corrected chi connectivity index (χ0v) is 16.4. The molecule has 2 heterocycles. The van der Waals surface area contributed by atoms with Crippen LogP contribution in [0.5, 0.6) is 17.4 Å². The highest BCUT2D eigenvalue weighted by Gasteiger charge is 2.28. The van der Waals surface area contributed by atoms with Gasteiger partial charge in [-0.1, -0.05) is 17.4 Å². The van der Waals surface area contributed by atoms with E-state index >= 15 is 0 Å². The normalized spacial score (nSPS) is 12.6. The molecule has 3 rings (SSSR count). The summed E-state index contributed by atoms with van der Waals surface area (Å²) in [5.74, 6) is 1.38. The standard InChI is InChI=1S/C18H24N4O4S/c1-4-25-13-7-6-12(10-14(13)26-5-2)15(21(3)8-9-23)16-17(24)22-18(27-16)19-11-20-22/h6-7,10-11,15,23-24H,4-5,8-9H2,1-3H3. The number of aliphatic hydroxyl groups excluding tert-OH is 1. The average molecular weight is 392 g/mol. The van der Waals surface area contributed by atoms with Gasteiger partial charge in [-0.25, -0.2) is 4.98 Å². The smallest absolute Gasteiger partial charge is 0.230 e. The lowest BCUT2D eigenvalue weighted by Gasteiger charge is -2.27. The topological polar surface area (TPSA) is 92.4 Å². The summed E-state index contributed by atoms with van der Waals surface area (Å²) in [5, 5.41) is 24.1. The van der Waals surface area contributed by atoms with Crippen LogP contribution >= 0.6 is 11.3 Å². The van der Waals surface area contributed by atoms with Crippen LogP contribution < -0.4 is 9.47 Å². The molecule has 3 aromatic rings. The van der Waals surface area contributed by atoms with Crippen LogP contribution in [0.4, 0.5) is 0 Å². The summed E-state index contributed by atoms with van der Waals surface area (Å²) in [6, 6.07) is 5.45. The molecule has 0 aliphatic heterocycles. The molecule has 0 bridgehead atoms. The molecular formula is C18H24N4O4S. The van der Waals surface area contributed by atoms with Crippen molar-refractivity contribution in [3.8, 4) is 17.4 Å². The Morgan fingerprint density at radius 1 is 1.22 bits per heavy atom. The highest BCUT2D eigenvalue weighted by Crippen LogP contribution is 2.41. The van der Waals surface area contributed by atoms with Crippen LogP contribution in [0.3, 0.4) is 0 Å². The molecule has 0 spiro atoms. The molecule has 0 saturated carbocycles. The molecule has 1 unspecified atom stereocenters. The fourth-order valence-corrected chi connectivity index (χ4v) is 4.12.